The van der Waals surface area contributed by atoms with E-state index in [1.165, 1.54) is 0 Å². The van der Waals surface area contributed by atoms with Crippen molar-refractivity contribution in [2.45, 2.75) is 13.0 Å². The van der Waals surface area contributed by atoms with Gasteiger partial charge in [-0.25, -0.2) is 0 Å². The first-order valence-electron chi connectivity index (χ1n) is 6.34. The van der Waals surface area contributed by atoms with Crippen molar-refractivity contribution >= 4 is 0 Å². The summed E-state index contributed by atoms with van der Waals surface area (Å²) in [5.74, 6) is 1.58. The number of benzene rings is 2. The summed E-state index contributed by atoms with van der Waals surface area (Å²) < 4.78 is 11.1. The van der Waals surface area contributed by atoms with Gasteiger partial charge in [0.1, 0.15) is 24.7 Å². The number of rotatable bonds is 6. The molecule has 0 fully saturated rings. The van der Waals surface area contributed by atoms with Crippen LogP contribution in [0.2, 0.25) is 0 Å². The van der Waals surface area contributed by atoms with Crippen LogP contribution in [0, 0.1) is 0 Å². The van der Waals surface area contributed by atoms with E-state index in [1.54, 1.807) is 6.92 Å². The van der Waals surface area contributed by atoms with Crippen LogP contribution in [0.5, 0.6) is 11.5 Å². The third-order valence-electron chi connectivity index (χ3n) is 2.70. The van der Waals surface area contributed by atoms with Crippen LogP contribution >= 0.6 is 0 Å². The molecule has 0 amide bonds. The zero-order valence-corrected chi connectivity index (χ0v) is 11.0. The first-order valence-corrected chi connectivity index (χ1v) is 6.34. The van der Waals surface area contributed by atoms with E-state index in [9.17, 15) is 5.11 Å². The van der Waals surface area contributed by atoms with Gasteiger partial charge in [-0.05, 0) is 36.8 Å². The Labute approximate surface area is 113 Å². The van der Waals surface area contributed by atoms with Crippen LogP contribution in [0.25, 0.3) is 0 Å². The first-order chi connectivity index (χ1) is 9.25. The van der Waals surface area contributed by atoms with Crippen molar-refractivity contribution in [2.24, 2.45) is 0 Å². The molecule has 100 valence electrons. The minimum Gasteiger partial charge on any atom is -0.490 e. The van der Waals surface area contributed by atoms with Crippen LogP contribution in [-0.4, -0.2) is 18.3 Å². The van der Waals surface area contributed by atoms with Gasteiger partial charge in [0.15, 0.2) is 0 Å². The average Bonchev–Trinajstić information content (AvgIpc) is 2.45. The lowest BCUT2D eigenvalue weighted by Gasteiger charge is -2.10. The third-order valence-corrected chi connectivity index (χ3v) is 2.70. The van der Waals surface area contributed by atoms with Crippen LogP contribution in [0.3, 0.4) is 0 Å². The van der Waals surface area contributed by atoms with Crippen molar-refractivity contribution in [1.82, 2.24) is 0 Å². The molecule has 0 radical (unpaired) electrons. The van der Waals surface area contributed by atoms with E-state index in [0.717, 1.165) is 17.1 Å². The summed E-state index contributed by atoms with van der Waals surface area (Å²) in [5.41, 5.74) is 0.849. The zero-order valence-electron chi connectivity index (χ0n) is 11.0. The highest BCUT2D eigenvalue weighted by atomic mass is 16.5. The Hall–Kier alpha value is -2.00. The van der Waals surface area contributed by atoms with Crippen LogP contribution in [0.4, 0.5) is 0 Å². The second-order valence-corrected chi connectivity index (χ2v) is 4.26. The molecule has 2 aromatic rings. The van der Waals surface area contributed by atoms with E-state index >= 15 is 0 Å². The lowest BCUT2D eigenvalue weighted by atomic mass is 10.1. The second kappa shape index (κ2) is 6.81. The second-order valence-electron chi connectivity index (χ2n) is 4.26. The summed E-state index contributed by atoms with van der Waals surface area (Å²) in [5, 5.41) is 9.49. The molecule has 3 heteroatoms. The predicted molar refractivity (Wildman–Crippen MR) is 74.5 cm³/mol. The number of hydrogen-bond acceptors (Lipinski definition) is 3. The molecule has 3 nitrogen and oxygen atoms in total. The van der Waals surface area contributed by atoms with Gasteiger partial charge in [0, 0.05) is 0 Å². The number of hydrogen-bond donors (Lipinski definition) is 1. The fourth-order valence-electron chi connectivity index (χ4n) is 1.70. The summed E-state index contributed by atoms with van der Waals surface area (Å²) in [6.07, 6.45) is -0.482. The molecule has 0 saturated carbocycles. The summed E-state index contributed by atoms with van der Waals surface area (Å²) in [7, 11) is 0. The SMILES string of the molecule is C[C@H](O)c1cccc(OCCOc2ccccc2)c1. The van der Waals surface area contributed by atoms with Gasteiger partial charge < -0.3 is 14.6 Å². The molecule has 1 N–H and O–H groups in total. The van der Waals surface area contributed by atoms with Crippen molar-refractivity contribution in [1.29, 1.82) is 0 Å². The van der Waals surface area contributed by atoms with E-state index in [4.69, 9.17) is 9.47 Å². The summed E-state index contributed by atoms with van der Waals surface area (Å²) in [6, 6.07) is 17.1. The van der Waals surface area contributed by atoms with E-state index < -0.39 is 6.10 Å². The Kier molecular flexibility index (Phi) is 4.81. The molecule has 19 heavy (non-hydrogen) atoms. The average molecular weight is 258 g/mol. The normalized spacial score (nSPS) is 11.9. The molecular weight excluding hydrogens is 240 g/mol. The highest BCUT2D eigenvalue weighted by Gasteiger charge is 2.02. The van der Waals surface area contributed by atoms with Gasteiger partial charge in [-0.1, -0.05) is 30.3 Å². The standard InChI is InChI=1S/C16H18O3/c1-13(17)14-6-5-9-16(12-14)19-11-10-18-15-7-3-2-4-8-15/h2-9,12-13,17H,10-11H2,1H3/t13-/m0/s1. The molecule has 1 atom stereocenters. The van der Waals surface area contributed by atoms with Crippen LogP contribution in [-0.2, 0) is 0 Å². The minimum absolute atomic E-state index is 0.470. The van der Waals surface area contributed by atoms with E-state index in [1.807, 2.05) is 54.6 Å². The highest BCUT2D eigenvalue weighted by molar-refractivity contribution is 5.29. The van der Waals surface area contributed by atoms with E-state index in [2.05, 4.69) is 0 Å². The molecule has 0 aliphatic heterocycles. The van der Waals surface area contributed by atoms with Gasteiger partial charge in [0.2, 0.25) is 0 Å². The highest BCUT2D eigenvalue weighted by Crippen LogP contribution is 2.18. The molecule has 0 aliphatic carbocycles. The van der Waals surface area contributed by atoms with E-state index in [0.29, 0.717) is 13.2 Å². The molecule has 0 aromatic heterocycles. The largest absolute Gasteiger partial charge is 0.490 e. The van der Waals surface area contributed by atoms with Crippen molar-refractivity contribution in [2.75, 3.05) is 13.2 Å². The molecule has 0 aliphatic rings. The molecule has 0 bridgehead atoms. The minimum atomic E-state index is -0.482. The lowest BCUT2D eigenvalue weighted by Crippen LogP contribution is -2.09. The maximum absolute atomic E-state index is 9.49. The maximum atomic E-state index is 9.49. The maximum Gasteiger partial charge on any atom is 0.122 e. The Bertz CT molecular complexity index is 494. The quantitative estimate of drug-likeness (QED) is 0.809. The molecule has 0 spiro atoms. The van der Waals surface area contributed by atoms with Crippen LogP contribution < -0.4 is 9.47 Å². The molecule has 0 unspecified atom stereocenters. The zero-order chi connectivity index (χ0) is 13.5. The summed E-state index contributed by atoms with van der Waals surface area (Å²) in [6.45, 7) is 2.69. The third kappa shape index (κ3) is 4.30. The number of aliphatic hydroxyl groups excluding tert-OH is 1. The first kappa shape index (κ1) is 13.4. The Morgan fingerprint density at radius 2 is 1.53 bits per heavy atom. The van der Waals surface area contributed by atoms with Gasteiger partial charge in [-0.3, -0.25) is 0 Å². The topological polar surface area (TPSA) is 38.7 Å². The van der Waals surface area contributed by atoms with Gasteiger partial charge in [0.25, 0.3) is 0 Å². The Morgan fingerprint density at radius 1 is 0.895 bits per heavy atom. The van der Waals surface area contributed by atoms with Gasteiger partial charge in [-0.15, -0.1) is 0 Å². The van der Waals surface area contributed by atoms with Gasteiger partial charge >= 0.3 is 0 Å². The predicted octanol–water partition coefficient (Wildman–Crippen LogP) is 3.20. The van der Waals surface area contributed by atoms with Gasteiger partial charge in [0.05, 0.1) is 6.10 Å². The van der Waals surface area contributed by atoms with Crippen molar-refractivity contribution in [3.8, 4) is 11.5 Å². The van der Waals surface area contributed by atoms with Gasteiger partial charge in [-0.2, -0.15) is 0 Å². The van der Waals surface area contributed by atoms with Crippen molar-refractivity contribution in [3.63, 3.8) is 0 Å². The summed E-state index contributed by atoms with van der Waals surface area (Å²) >= 11 is 0. The monoisotopic (exact) mass is 258 g/mol. The Balaban J connectivity index is 1.78. The van der Waals surface area contributed by atoms with E-state index in [-0.39, 0.29) is 0 Å². The fraction of sp³-hybridized carbons (Fsp3) is 0.250. The number of ether oxygens (including phenoxy) is 2. The lowest BCUT2D eigenvalue weighted by molar-refractivity contribution is 0.196. The van der Waals surface area contributed by atoms with Crippen molar-refractivity contribution < 1.29 is 14.6 Å². The number of aliphatic hydroxyl groups is 1. The smallest absolute Gasteiger partial charge is 0.122 e. The fourth-order valence-corrected chi connectivity index (χ4v) is 1.70. The number of para-hydroxylation sites is 1. The van der Waals surface area contributed by atoms with Crippen molar-refractivity contribution in [3.05, 3.63) is 60.2 Å². The Morgan fingerprint density at radius 3 is 2.21 bits per heavy atom. The molecule has 2 rings (SSSR count). The molecule has 0 heterocycles. The molecule has 0 saturated heterocycles. The molecule has 2 aromatic carbocycles. The summed E-state index contributed by atoms with van der Waals surface area (Å²) in [4.78, 5) is 0. The van der Waals surface area contributed by atoms with Crippen LogP contribution in [0.15, 0.2) is 54.6 Å². The van der Waals surface area contributed by atoms with Crippen LogP contribution in [0.1, 0.15) is 18.6 Å². The molecular formula is C16H18O3.